The first kappa shape index (κ1) is 19.8. The number of benzene rings is 7. The molecule has 0 bridgehead atoms. The number of nitrogens with zero attached hydrogens (tertiary/aromatic N) is 1. The van der Waals surface area contributed by atoms with Crippen LogP contribution in [-0.2, 0) is 0 Å². The fourth-order valence-electron chi connectivity index (χ4n) is 5.44. The van der Waals surface area contributed by atoms with Crippen molar-refractivity contribution in [3.05, 3.63) is 140 Å². The van der Waals surface area contributed by atoms with Crippen molar-refractivity contribution >= 4 is 60.2 Å². The third-order valence-electron chi connectivity index (χ3n) is 7.01. The van der Waals surface area contributed by atoms with Gasteiger partial charge in [0.1, 0.15) is 0 Å². The minimum Gasteiger partial charge on any atom is -0.310 e. The molecule has 0 aliphatic heterocycles. The van der Waals surface area contributed by atoms with Gasteiger partial charge in [-0.05, 0) is 68.0 Å². The summed E-state index contributed by atoms with van der Waals surface area (Å²) in [6, 6.07) is 50.2. The standard InChI is InChI=1S/C34H23N/c1-3-11-26(12-4-1)35(27-13-5-2-6-14-27)33-17-9-16-31-30(33)22-20-25-19-21-29-28-15-8-7-10-24(28)18-23-32(29)34(25)31/h1-23H. The quantitative estimate of drug-likeness (QED) is 0.245. The largest absolute Gasteiger partial charge is 0.310 e. The van der Waals surface area contributed by atoms with E-state index in [4.69, 9.17) is 0 Å². The van der Waals surface area contributed by atoms with E-state index in [2.05, 4.69) is 144 Å². The SMILES string of the molecule is c1ccc(N(c2ccccc2)c2cccc3c2ccc2ccc4c5ccccc5ccc4c23)cc1. The zero-order chi connectivity index (χ0) is 23.2. The summed E-state index contributed by atoms with van der Waals surface area (Å²) in [6.07, 6.45) is 0. The third kappa shape index (κ3) is 3.17. The molecule has 0 aliphatic carbocycles. The smallest absolute Gasteiger partial charge is 0.0540 e. The van der Waals surface area contributed by atoms with E-state index in [0.717, 1.165) is 11.4 Å². The van der Waals surface area contributed by atoms with E-state index in [-0.39, 0.29) is 0 Å². The second-order valence-electron chi connectivity index (χ2n) is 8.99. The van der Waals surface area contributed by atoms with Gasteiger partial charge in [-0.2, -0.15) is 0 Å². The Morgan fingerprint density at radius 2 is 0.857 bits per heavy atom. The van der Waals surface area contributed by atoms with Crippen LogP contribution >= 0.6 is 0 Å². The van der Waals surface area contributed by atoms with E-state index in [1.807, 2.05) is 0 Å². The first-order valence-electron chi connectivity index (χ1n) is 12.0. The van der Waals surface area contributed by atoms with E-state index in [1.165, 1.54) is 48.8 Å². The minimum absolute atomic E-state index is 1.15. The van der Waals surface area contributed by atoms with Gasteiger partial charge in [0, 0.05) is 16.8 Å². The van der Waals surface area contributed by atoms with E-state index < -0.39 is 0 Å². The van der Waals surface area contributed by atoms with Crippen molar-refractivity contribution in [2.24, 2.45) is 0 Å². The molecule has 0 radical (unpaired) electrons. The summed E-state index contributed by atoms with van der Waals surface area (Å²) in [6.45, 7) is 0. The lowest BCUT2D eigenvalue weighted by atomic mass is 9.93. The molecule has 0 unspecified atom stereocenters. The van der Waals surface area contributed by atoms with Crippen LogP contribution in [0.4, 0.5) is 17.1 Å². The first-order valence-corrected chi connectivity index (χ1v) is 12.0. The van der Waals surface area contributed by atoms with E-state index in [1.54, 1.807) is 0 Å². The van der Waals surface area contributed by atoms with Gasteiger partial charge in [-0.1, -0.05) is 109 Å². The van der Waals surface area contributed by atoms with Crippen molar-refractivity contribution < 1.29 is 0 Å². The van der Waals surface area contributed by atoms with Crippen LogP contribution < -0.4 is 4.90 Å². The van der Waals surface area contributed by atoms with E-state index in [9.17, 15) is 0 Å². The first-order chi connectivity index (χ1) is 17.4. The fourth-order valence-corrected chi connectivity index (χ4v) is 5.44. The van der Waals surface area contributed by atoms with Crippen LogP contribution in [0, 0.1) is 0 Å². The monoisotopic (exact) mass is 445 g/mol. The molecule has 0 atom stereocenters. The molecule has 1 nitrogen and oxygen atoms in total. The summed E-state index contributed by atoms with van der Waals surface area (Å²) in [5.41, 5.74) is 3.48. The second kappa shape index (κ2) is 8.00. The summed E-state index contributed by atoms with van der Waals surface area (Å²) in [5, 5.41) is 10.3. The summed E-state index contributed by atoms with van der Waals surface area (Å²) >= 11 is 0. The minimum atomic E-state index is 1.15. The van der Waals surface area contributed by atoms with E-state index >= 15 is 0 Å². The average molecular weight is 446 g/mol. The van der Waals surface area contributed by atoms with Crippen molar-refractivity contribution in [3.63, 3.8) is 0 Å². The van der Waals surface area contributed by atoms with Crippen molar-refractivity contribution in [1.82, 2.24) is 0 Å². The fraction of sp³-hybridized carbons (Fsp3) is 0. The van der Waals surface area contributed by atoms with Crippen LogP contribution in [0.1, 0.15) is 0 Å². The average Bonchev–Trinajstić information content (AvgIpc) is 2.94. The maximum absolute atomic E-state index is 2.36. The Bertz CT molecular complexity index is 1800. The number of rotatable bonds is 3. The second-order valence-corrected chi connectivity index (χ2v) is 8.99. The molecule has 7 aromatic carbocycles. The Kier molecular flexibility index (Phi) is 4.53. The molecule has 0 aliphatic rings. The molecule has 0 N–H and O–H groups in total. The molecule has 0 amide bonds. The zero-order valence-corrected chi connectivity index (χ0v) is 19.2. The predicted molar refractivity (Wildman–Crippen MR) is 151 cm³/mol. The molecule has 0 heterocycles. The molecule has 164 valence electrons. The van der Waals surface area contributed by atoms with Gasteiger partial charge in [-0.25, -0.2) is 0 Å². The lowest BCUT2D eigenvalue weighted by molar-refractivity contribution is 1.30. The third-order valence-corrected chi connectivity index (χ3v) is 7.01. The molecule has 0 aromatic heterocycles. The lowest BCUT2D eigenvalue weighted by Gasteiger charge is -2.27. The summed E-state index contributed by atoms with van der Waals surface area (Å²) in [4.78, 5) is 2.36. The summed E-state index contributed by atoms with van der Waals surface area (Å²) in [7, 11) is 0. The van der Waals surface area contributed by atoms with Gasteiger partial charge in [-0.3, -0.25) is 0 Å². The van der Waals surface area contributed by atoms with Gasteiger partial charge in [0.15, 0.2) is 0 Å². The molecule has 35 heavy (non-hydrogen) atoms. The van der Waals surface area contributed by atoms with Gasteiger partial charge in [0.2, 0.25) is 0 Å². The van der Waals surface area contributed by atoms with Crippen LogP contribution in [0.2, 0.25) is 0 Å². The van der Waals surface area contributed by atoms with Gasteiger partial charge in [-0.15, -0.1) is 0 Å². The Balaban J connectivity index is 1.58. The Morgan fingerprint density at radius 1 is 0.314 bits per heavy atom. The molecular weight excluding hydrogens is 422 g/mol. The van der Waals surface area contributed by atoms with Crippen LogP contribution in [0.25, 0.3) is 43.1 Å². The number of hydrogen-bond donors (Lipinski definition) is 0. The molecule has 7 rings (SSSR count). The number of hydrogen-bond acceptors (Lipinski definition) is 1. The normalized spacial score (nSPS) is 11.4. The Labute approximate surface area is 204 Å². The summed E-state index contributed by atoms with van der Waals surface area (Å²) < 4.78 is 0. The maximum atomic E-state index is 2.36. The van der Waals surface area contributed by atoms with Crippen LogP contribution in [0.5, 0.6) is 0 Å². The molecule has 1 heteroatoms. The maximum Gasteiger partial charge on any atom is 0.0540 e. The van der Waals surface area contributed by atoms with Crippen molar-refractivity contribution in [3.8, 4) is 0 Å². The van der Waals surface area contributed by atoms with Crippen LogP contribution in [-0.4, -0.2) is 0 Å². The molecule has 0 spiro atoms. The highest BCUT2D eigenvalue weighted by molar-refractivity contribution is 6.26. The van der Waals surface area contributed by atoms with Gasteiger partial charge in [0.25, 0.3) is 0 Å². The highest BCUT2D eigenvalue weighted by Crippen LogP contribution is 2.42. The zero-order valence-electron chi connectivity index (χ0n) is 19.2. The van der Waals surface area contributed by atoms with Crippen molar-refractivity contribution in [2.75, 3.05) is 4.90 Å². The molecule has 0 saturated heterocycles. The highest BCUT2D eigenvalue weighted by atomic mass is 15.1. The van der Waals surface area contributed by atoms with Gasteiger partial charge >= 0.3 is 0 Å². The number of fused-ring (bicyclic) bond motifs is 7. The molecule has 0 saturated carbocycles. The van der Waals surface area contributed by atoms with Crippen LogP contribution in [0.3, 0.4) is 0 Å². The molecule has 0 fully saturated rings. The number of para-hydroxylation sites is 2. The lowest BCUT2D eigenvalue weighted by Crippen LogP contribution is -2.10. The number of anilines is 3. The van der Waals surface area contributed by atoms with Crippen molar-refractivity contribution in [1.29, 1.82) is 0 Å². The van der Waals surface area contributed by atoms with Crippen molar-refractivity contribution in [2.45, 2.75) is 0 Å². The van der Waals surface area contributed by atoms with Crippen LogP contribution in [0.15, 0.2) is 140 Å². The molecular formula is C34H23N. The molecule has 7 aromatic rings. The topological polar surface area (TPSA) is 3.24 Å². The van der Waals surface area contributed by atoms with E-state index in [0.29, 0.717) is 0 Å². The van der Waals surface area contributed by atoms with Gasteiger partial charge in [0.05, 0.1) is 5.69 Å². The Hall–Kier alpha value is -4.62. The van der Waals surface area contributed by atoms with Gasteiger partial charge < -0.3 is 4.90 Å². The highest BCUT2D eigenvalue weighted by Gasteiger charge is 2.16. The predicted octanol–water partition coefficient (Wildman–Crippen LogP) is 9.77. The summed E-state index contributed by atoms with van der Waals surface area (Å²) in [5.74, 6) is 0. The Morgan fingerprint density at radius 3 is 1.60 bits per heavy atom.